The van der Waals surface area contributed by atoms with Crippen LogP contribution in [0.25, 0.3) is 10.8 Å². The van der Waals surface area contributed by atoms with E-state index in [1.807, 2.05) is 71.6 Å². The summed E-state index contributed by atoms with van der Waals surface area (Å²) in [4.78, 5) is 24.0. The van der Waals surface area contributed by atoms with Crippen molar-refractivity contribution in [2.75, 3.05) is 19.8 Å². The fourth-order valence-electron chi connectivity index (χ4n) is 11.2. The second-order valence-corrected chi connectivity index (χ2v) is 19.1. The third-order valence-electron chi connectivity index (χ3n) is 14.7. The van der Waals surface area contributed by atoms with Gasteiger partial charge in [0.1, 0.15) is 29.9 Å². The average Bonchev–Trinajstić information content (AvgIpc) is 3.40. The zero-order chi connectivity index (χ0) is 49.3. The summed E-state index contributed by atoms with van der Waals surface area (Å²) in [6.45, 7) is 9.02. The maximum absolute atomic E-state index is 15.7. The zero-order valence-electron chi connectivity index (χ0n) is 40.7. The van der Waals surface area contributed by atoms with E-state index in [4.69, 9.17) is 24.2 Å². The fraction of sp³-hybridized carbons (Fsp3) is 0.328. The summed E-state index contributed by atoms with van der Waals surface area (Å²) in [7, 11) is 0. The lowest BCUT2D eigenvalue weighted by atomic mass is 9.55. The number of benzene rings is 6. The van der Waals surface area contributed by atoms with Crippen molar-refractivity contribution in [3.63, 3.8) is 0 Å². The standard InChI is InChI=1S/C61H63N3O7/c1-4-33-68-61-57(64(60(67)46-26-24-43(38-62)25-27-46)39-48-20-14-19-45-17-8-9-21-51(45)48)37-55(63-69-40-44-15-6-5-7-16-44)53-35-47(18-10-12-31-65)52(22-11-13-32-66)58(59(53)61)54-36-50(29-30-56(54)71-61)70-49-28-23-41(2)42(3)34-49/h4-9,14-17,19-21,23-30,34-36,47,52,57-59,65-66H,1,10-13,18,22,31-33,37,39-40H2,2-3H3/t47-,52+,57-,58+,59+,61+/m0/s1. The van der Waals surface area contributed by atoms with Gasteiger partial charge in [-0.25, -0.2) is 0 Å². The van der Waals surface area contributed by atoms with Gasteiger partial charge in [-0.15, -0.1) is 6.58 Å². The predicted octanol–water partition coefficient (Wildman–Crippen LogP) is 12.3. The molecule has 1 heterocycles. The smallest absolute Gasteiger partial charge is 0.254 e. The molecular weight excluding hydrogens is 887 g/mol. The minimum Gasteiger partial charge on any atom is -0.459 e. The lowest BCUT2D eigenvalue weighted by molar-refractivity contribution is -0.255. The highest BCUT2D eigenvalue weighted by atomic mass is 16.7. The monoisotopic (exact) mass is 949 g/mol. The van der Waals surface area contributed by atoms with Gasteiger partial charge in [-0.05, 0) is 145 Å². The molecule has 1 aliphatic heterocycles. The first-order valence-electron chi connectivity index (χ1n) is 25.0. The van der Waals surface area contributed by atoms with E-state index in [1.54, 1.807) is 30.3 Å². The highest BCUT2D eigenvalue weighted by Crippen LogP contribution is 2.62. The van der Waals surface area contributed by atoms with Crippen LogP contribution in [0.1, 0.15) is 94.6 Å². The Kier molecular flexibility index (Phi) is 15.4. The van der Waals surface area contributed by atoms with E-state index >= 15 is 4.79 Å². The molecule has 364 valence electrons. The Morgan fingerprint density at radius 2 is 1.59 bits per heavy atom. The van der Waals surface area contributed by atoms with Crippen LogP contribution in [0.5, 0.6) is 17.2 Å². The summed E-state index contributed by atoms with van der Waals surface area (Å²) in [5.74, 6) is -0.440. The average molecular weight is 950 g/mol. The number of aryl methyl sites for hydroxylation is 2. The molecule has 0 spiro atoms. The number of aliphatic hydroxyl groups excluding tert-OH is 2. The molecule has 6 atom stereocenters. The number of ether oxygens (including phenoxy) is 3. The van der Waals surface area contributed by atoms with Crippen LogP contribution in [-0.2, 0) is 22.7 Å². The molecule has 1 amide bonds. The van der Waals surface area contributed by atoms with Gasteiger partial charge in [-0.2, -0.15) is 5.26 Å². The first-order chi connectivity index (χ1) is 34.7. The molecule has 0 radical (unpaired) electrons. The number of unbranched alkanes of at least 4 members (excludes halogenated alkanes) is 2. The third kappa shape index (κ3) is 10.4. The number of carbonyl (C=O) groups excluding carboxylic acids is 1. The molecular formula is C61H63N3O7. The third-order valence-corrected chi connectivity index (χ3v) is 14.7. The van der Waals surface area contributed by atoms with Gasteiger partial charge >= 0.3 is 0 Å². The molecule has 1 saturated carbocycles. The van der Waals surface area contributed by atoms with Crippen LogP contribution in [0.3, 0.4) is 0 Å². The summed E-state index contributed by atoms with van der Waals surface area (Å²) < 4.78 is 21.6. The Balaban J connectivity index is 1.28. The molecule has 0 unspecified atom stereocenters. The molecule has 6 aromatic rings. The van der Waals surface area contributed by atoms with Crippen LogP contribution < -0.4 is 9.47 Å². The lowest BCUT2D eigenvalue weighted by Gasteiger charge is -2.60. The number of aliphatic hydroxyl groups is 2. The van der Waals surface area contributed by atoms with E-state index < -0.39 is 17.7 Å². The van der Waals surface area contributed by atoms with E-state index in [0.717, 1.165) is 70.0 Å². The molecule has 6 aromatic carbocycles. The van der Waals surface area contributed by atoms with Crippen molar-refractivity contribution < 1.29 is 34.1 Å². The summed E-state index contributed by atoms with van der Waals surface area (Å²) in [6, 6.07) is 44.6. The van der Waals surface area contributed by atoms with Gasteiger partial charge in [-0.3, -0.25) is 4.79 Å². The van der Waals surface area contributed by atoms with Crippen LogP contribution in [0.15, 0.2) is 163 Å². The van der Waals surface area contributed by atoms with Crippen molar-refractivity contribution in [1.29, 1.82) is 5.26 Å². The molecule has 9 rings (SSSR count). The Morgan fingerprint density at radius 3 is 2.35 bits per heavy atom. The van der Waals surface area contributed by atoms with Crippen LogP contribution in [0, 0.1) is 42.9 Å². The minimum atomic E-state index is -1.50. The molecule has 10 heteroatoms. The lowest BCUT2D eigenvalue weighted by Crippen LogP contribution is -2.70. The number of nitrogens with zero attached hydrogens (tertiary/aromatic N) is 3. The van der Waals surface area contributed by atoms with Gasteiger partial charge in [0.15, 0.2) is 0 Å². The second-order valence-electron chi connectivity index (χ2n) is 19.1. The number of hydrogen-bond acceptors (Lipinski definition) is 9. The van der Waals surface area contributed by atoms with Gasteiger partial charge in [0.25, 0.3) is 5.91 Å². The highest BCUT2D eigenvalue weighted by Gasteiger charge is 2.65. The van der Waals surface area contributed by atoms with Crippen molar-refractivity contribution in [3.8, 4) is 23.3 Å². The minimum absolute atomic E-state index is 0.0196. The van der Waals surface area contributed by atoms with Gasteiger partial charge < -0.3 is 34.2 Å². The van der Waals surface area contributed by atoms with Gasteiger partial charge in [0, 0.05) is 43.2 Å². The molecule has 3 aliphatic rings. The molecule has 0 bridgehead atoms. The summed E-state index contributed by atoms with van der Waals surface area (Å²) in [5, 5.41) is 37.1. The Morgan fingerprint density at radius 1 is 0.859 bits per heavy atom. The number of hydrogen-bond donors (Lipinski definition) is 2. The molecule has 2 aliphatic carbocycles. The van der Waals surface area contributed by atoms with Crippen LogP contribution in [-0.4, -0.2) is 58.4 Å². The number of nitriles is 1. The maximum Gasteiger partial charge on any atom is 0.254 e. The van der Waals surface area contributed by atoms with E-state index in [0.29, 0.717) is 41.2 Å². The maximum atomic E-state index is 15.7. The first-order valence-corrected chi connectivity index (χ1v) is 25.0. The van der Waals surface area contributed by atoms with E-state index in [-0.39, 0.29) is 63.1 Å². The highest BCUT2D eigenvalue weighted by molar-refractivity contribution is 6.03. The Labute approximate surface area is 417 Å². The molecule has 0 saturated heterocycles. The second kappa shape index (κ2) is 22.4. The topological polar surface area (TPSA) is 134 Å². The zero-order valence-corrected chi connectivity index (χ0v) is 40.7. The van der Waals surface area contributed by atoms with Crippen LogP contribution in [0.4, 0.5) is 0 Å². The Bertz CT molecular complexity index is 2940. The number of fused-ring (bicyclic) bond motifs is 3. The van der Waals surface area contributed by atoms with Gasteiger partial charge in [0.2, 0.25) is 5.79 Å². The SMILES string of the molecule is C=CCO[C@@]12Oc3ccc(Oc4ccc(C)c(C)c4)cc3[C@H]3[C@H](CCCCO)[C@@H](CCCCO)C=C(C(=NOCc4ccccc4)C[C@@H]1N(Cc1cccc4ccccc14)C(=O)c1ccc(C#N)cc1)[C@H]32. The van der Waals surface area contributed by atoms with Crippen LogP contribution >= 0.6 is 0 Å². The van der Waals surface area contributed by atoms with E-state index in [1.165, 1.54) is 5.56 Å². The number of oxime groups is 1. The number of carbonyl (C=O) groups is 1. The summed E-state index contributed by atoms with van der Waals surface area (Å²) in [6.07, 6.45) is 8.83. The van der Waals surface area contributed by atoms with Crippen molar-refractivity contribution in [2.24, 2.45) is 22.9 Å². The molecule has 71 heavy (non-hydrogen) atoms. The normalized spacial score (nSPS) is 21.5. The van der Waals surface area contributed by atoms with Crippen molar-refractivity contribution in [1.82, 2.24) is 4.90 Å². The largest absolute Gasteiger partial charge is 0.459 e. The number of allylic oxidation sites excluding steroid dienone is 1. The molecule has 0 aromatic heterocycles. The van der Waals surface area contributed by atoms with Crippen molar-refractivity contribution in [3.05, 3.63) is 197 Å². The number of rotatable bonds is 20. The summed E-state index contributed by atoms with van der Waals surface area (Å²) >= 11 is 0. The van der Waals surface area contributed by atoms with Gasteiger partial charge in [-0.1, -0.05) is 109 Å². The first kappa shape index (κ1) is 49.0. The molecule has 1 fully saturated rings. The van der Waals surface area contributed by atoms with E-state index in [2.05, 4.69) is 75.0 Å². The number of amides is 1. The van der Waals surface area contributed by atoms with E-state index in [9.17, 15) is 15.5 Å². The van der Waals surface area contributed by atoms with Gasteiger partial charge in [0.05, 0.1) is 29.9 Å². The molecule has 2 N–H and O–H groups in total. The quantitative estimate of drug-likeness (QED) is 0.0439. The molecule has 10 nitrogen and oxygen atoms in total. The van der Waals surface area contributed by atoms with Crippen LogP contribution in [0.2, 0.25) is 0 Å². The Hall–Kier alpha value is -7.03. The van der Waals surface area contributed by atoms with Crippen molar-refractivity contribution >= 4 is 22.4 Å². The van der Waals surface area contributed by atoms with Crippen molar-refractivity contribution in [2.45, 2.75) is 89.7 Å². The summed E-state index contributed by atoms with van der Waals surface area (Å²) in [5.41, 5.74) is 7.68. The fourth-order valence-corrected chi connectivity index (χ4v) is 11.2. The predicted molar refractivity (Wildman–Crippen MR) is 277 cm³/mol.